The Morgan fingerprint density at radius 3 is 2.69 bits per heavy atom. The van der Waals surface area contributed by atoms with Gasteiger partial charge < -0.3 is 9.73 Å². The fourth-order valence-electron chi connectivity index (χ4n) is 3.60. The number of fused-ring (bicyclic) bond motifs is 1. The maximum absolute atomic E-state index is 12.1. The molecule has 35 heavy (non-hydrogen) atoms. The number of carbonyl (C=O) groups is 1. The summed E-state index contributed by atoms with van der Waals surface area (Å²) in [5.41, 5.74) is 2.40. The minimum Gasteiger partial charge on any atom is -0.424 e. The molecule has 0 unspecified atom stereocenters. The zero-order chi connectivity index (χ0) is 24.6. The lowest BCUT2D eigenvalue weighted by Crippen LogP contribution is -2.36. The van der Waals surface area contributed by atoms with Crippen molar-refractivity contribution >= 4 is 43.2 Å². The van der Waals surface area contributed by atoms with E-state index >= 15 is 0 Å². The molecule has 0 aliphatic heterocycles. The van der Waals surface area contributed by atoms with Crippen molar-refractivity contribution in [1.29, 1.82) is 5.26 Å². The van der Waals surface area contributed by atoms with Crippen molar-refractivity contribution in [3.8, 4) is 17.2 Å². The van der Waals surface area contributed by atoms with E-state index in [4.69, 9.17) is 9.68 Å². The van der Waals surface area contributed by atoms with Gasteiger partial charge in [-0.25, -0.2) is 13.4 Å². The second-order valence-corrected chi connectivity index (χ2v) is 11.3. The van der Waals surface area contributed by atoms with Crippen molar-refractivity contribution in [3.05, 3.63) is 59.3 Å². The first kappa shape index (κ1) is 22.9. The Hall–Kier alpha value is -3.82. The van der Waals surface area contributed by atoms with E-state index in [1.54, 1.807) is 18.2 Å². The van der Waals surface area contributed by atoms with Crippen molar-refractivity contribution in [2.24, 2.45) is 0 Å². The molecule has 0 spiro atoms. The molecule has 0 bridgehead atoms. The highest BCUT2D eigenvalue weighted by Crippen LogP contribution is 2.34. The van der Waals surface area contributed by atoms with E-state index in [0.717, 1.165) is 32.6 Å². The Kier molecular flexibility index (Phi) is 5.74. The highest BCUT2D eigenvalue weighted by Gasteiger charge is 2.44. The Morgan fingerprint density at radius 1 is 1.17 bits per heavy atom. The van der Waals surface area contributed by atoms with Crippen LogP contribution >= 0.6 is 11.3 Å². The monoisotopic (exact) mass is 508 g/mol. The predicted molar refractivity (Wildman–Crippen MR) is 130 cm³/mol. The highest BCUT2D eigenvalue weighted by molar-refractivity contribution is 7.92. The minimum absolute atomic E-state index is 0.0765. The molecule has 2 heterocycles. The van der Waals surface area contributed by atoms with Crippen LogP contribution in [0.1, 0.15) is 29.6 Å². The molecule has 10 nitrogen and oxygen atoms in total. The molecule has 0 radical (unpaired) electrons. The molecule has 4 aromatic rings. The summed E-state index contributed by atoms with van der Waals surface area (Å²) in [4.78, 5) is 16.7. The third-order valence-electron chi connectivity index (χ3n) is 5.40. The van der Waals surface area contributed by atoms with Crippen LogP contribution < -0.4 is 10.0 Å². The molecule has 2 N–H and O–H groups in total. The smallest absolute Gasteiger partial charge is 0.230 e. The Morgan fingerprint density at radius 2 is 1.94 bits per heavy atom. The number of benzene rings is 2. The maximum atomic E-state index is 12.1. The number of aromatic nitrogens is 3. The van der Waals surface area contributed by atoms with Gasteiger partial charge in [-0.2, -0.15) is 5.26 Å². The Bertz CT molecular complexity index is 1580. The first-order valence-electron chi connectivity index (χ1n) is 10.7. The number of nitrogens with one attached hydrogen (secondary N) is 2. The van der Waals surface area contributed by atoms with Crippen molar-refractivity contribution in [2.75, 3.05) is 11.0 Å². The van der Waals surface area contributed by atoms with E-state index in [-0.39, 0.29) is 18.2 Å². The molecule has 1 aliphatic rings. The van der Waals surface area contributed by atoms with Crippen molar-refractivity contribution < 1.29 is 17.6 Å². The van der Waals surface area contributed by atoms with Crippen LogP contribution in [0.2, 0.25) is 0 Å². The summed E-state index contributed by atoms with van der Waals surface area (Å²) < 4.78 is 32.1. The summed E-state index contributed by atoms with van der Waals surface area (Å²) in [6, 6.07) is 15.1. The van der Waals surface area contributed by atoms with Crippen molar-refractivity contribution in [3.63, 3.8) is 0 Å². The molecule has 178 valence electrons. The average molecular weight is 509 g/mol. The molecule has 1 saturated carbocycles. The van der Waals surface area contributed by atoms with E-state index in [0.29, 0.717) is 30.8 Å². The number of thiazole rings is 1. The van der Waals surface area contributed by atoms with Gasteiger partial charge in [0.1, 0.15) is 17.0 Å². The lowest BCUT2D eigenvalue weighted by atomic mass is 10.1. The fraction of sp³-hybridized carbons (Fsp3) is 0.261. The van der Waals surface area contributed by atoms with Gasteiger partial charge in [-0.3, -0.25) is 9.52 Å². The van der Waals surface area contributed by atoms with Crippen LogP contribution in [0.5, 0.6) is 0 Å². The topological polar surface area (TPSA) is 151 Å². The van der Waals surface area contributed by atoms with Crippen LogP contribution in [0.4, 0.5) is 5.69 Å². The first-order valence-corrected chi connectivity index (χ1v) is 13.4. The van der Waals surface area contributed by atoms with E-state index in [9.17, 15) is 13.2 Å². The molecular formula is C23H20N6O4S2. The molecular weight excluding hydrogens is 488 g/mol. The number of hydrogen-bond acceptors (Lipinski definition) is 9. The second kappa shape index (κ2) is 8.75. The Labute approximate surface area is 205 Å². The molecule has 0 saturated heterocycles. The van der Waals surface area contributed by atoms with Gasteiger partial charge in [-0.1, -0.05) is 18.2 Å². The van der Waals surface area contributed by atoms with Gasteiger partial charge in [-0.15, -0.1) is 21.5 Å². The van der Waals surface area contributed by atoms with Gasteiger partial charge >= 0.3 is 0 Å². The van der Waals surface area contributed by atoms with Gasteiger partial charge in [0.15, 0.2) is 0 Å². The number of sulfonamides is 1. The van der Waals surface area contributed by atoms with Gasteiger partial charge in [0.05, 0.1) is 29.0 Å². The lowest BCUT2D eigenvalue weighted by Gasteiger charge is -2.07. The van der Waals surface area contributed by atoms with Gasteiger partial charge in [0.25, 0.3) is 0 Å². The minimum atomic E-state index is -3.36. The lowest BCUT2D eigenvalue weighted by molar-refractivity contribution is -0.121. The third kappa shape index (κ3) is 5.47. The molecule has 12 heteroatoms. The largest absolute Gasteiger partial charge is 0.424 e. The molecule has 0 atom stereocenters. The molecule has 2 aromatic heterocycles. The summed E-state index contributed by atoms with van der Waals surface area (Å²) in [5.74, 6) is 0.229. The van der Waals surface area contributed by atoms with E-state index in [1.165, 1.54) is 11.3 Å². The number of hydrogen-bond donors (Lipinski definition) is 2. The zero-order valence-electron chi connectivity index (χ0n) is 18.6. The SMILES string of the molecule is CS(=O)(=O)Nc1cccc(-c2ccc3nc(Cc4nnc(CC(=O)NC5(C#N)CC5)o4)sc3c2)c1. The third-order valence-corrected chi connectivity index (χ3v) is 7.02. The normalized spacial score (nSPS) is 14.4. The highest BCUT2D eigenvalue weighted by atomic mass is 32.2. The fourth-order valence-corrected chi connectivity index (χ4v) is 5.16. The summed E-state index contributed by atoms with van der Waals surface area (Å²) >= 11 is 1.49. The Balaban J connectivity index is 1.28. The quantitative estimate of drug-likeness (QED) is 0.369. The summed E-state index contributed by atoms with van der Waals surface area (Å²) in [6.07, 6.45) is 2.69. The number of nitriles is 1. The number of rotatable bonds is 8. The average Bonchev–Trinajstić information content (AvgIpc) is 3.23. The van der Waals surface area contributed by atoms with Crippen LogP contribution in [-0.4, -0.2) is 41.3 Å². The van der Waals surface area contributed by atoms with Crippen LogP contribution in [0.3, 0.4) is 0 Å². The molecule has 1 aliphatic carbocycles. The molecule has 5 rings (SSSR count). The molecule has 1 fully saturated rings. The number of carbonyl (C=O) groups excluding carboxylic acids is 1. The summed E-state index contributed by atoms with van der Waals surface area (Å²) in [6.45, 7) is 0. The first-order chi connectivity index (χ1) is 16.7. The van der Waals surface area contributed by atoms with Crippen LogP contribution in [0.25, 0.3) is 21.3 Å². The van der Waals surface area contributed by atoms with Gasteiger partial charge in [0, 0.05) is 5.69 Å². The predicted octanol–water partition coefficient (Wildman–Crippen LogP) is 3.02. The van der Waals surface area contributed by atoms with E-state index in [1.807, 2.05) is 24.3 Å². The number of amides is 1. The number of nitrogens with zero attached hydrogens (tertiary/aromatic N) is 4. The molecule has 1 amide bonds. The van der Waals surface area contributed by atoms with Crippen molar-refractivity contribution in [1.82, 2.24) is 20.5 Å². The van der Waals surface area contributed by atoms with Gasteiger partial charge in [0.2, 0.25) is 27.7 Å². The number of anilines is 1. The summed E-state index contributed by atoms with van der Waals surface area (Å²) in [5, 5.41) is 20.5. The van der Waals surface area contributed by atoms with E-state index in [2.05, 4.69) is 31.3 Å². The second-order valence-electron chi connectivity index (χ2n) is 8.43. The standard InChI is InChI=1S/C23H20N6O4S2/c1-35(31,32)29-16-4-2-3-14(9-16)15-5-6-17-18(10-15)34-22(25-17)12-21-28-27-20(33-21)11-19(30)26-23(13-24)7-8-23/h2-6,9-10,29H,7-8,11-12H2,1H3,(H,26,30). The van der Waals surface area contributed by atoms with Gasteiger partial charge in [-0.05, 0) is 48.2 Å². The maximum Gasteiger partial charge on any atom is 0.230 e. The zero-order valence-corrected chi connectivity index (χ0v) is 20.2. The van der Waals surface area contributed by atoms with Crippen molar-refractivity contribution in [2.45, 2.75) is 31.2 Å². The van der Waals surface area contributed by atoms with E-state index < -0.39 is 15.6 Å². The molecule has 2 aromatic carbocycles. The van der Waals surface area contributed by atoms with Crippen LogP contribution in [-0.2, 0) is 27.7 Å². The van der Waals surface area contributed by atoms with Crippen LogP contribution in [0, 0.1) is 11.3 Å². The summed E-state index contributed by atoms with van der Waals surface area (Å²) in [7, 11) is -3.36. The van der Waals surface area contributed by atoms with Crippen LogP contribution in [0.15, 0.2) is 46.9 Å².